The molecule has 1 atom stereocenters. The van der Waals surface area contributed by atoms with Gasteiger partial charge in [-0.3, -0.25) is 4.79 Å². The van der Waals surface area contributed by atoms with Crippen molar-refractivity contribution in [3.63, 3.8) is 0 Å². The molecular formula is C16H21Cl2N3OS. The number of nitrogens with one attached hydrogen (secondary N) is 1. The maximum absolute atomic E-state index is 12.5. The van der Waals surface area contributed by atoms with Gasteiger partial charge in [-0.05, 0) is 49.4 Å². The molecule has 3 aliphatic heterocycles. The zero-order valence-corrected chi connectivity index (χ0v) is 15.1. The van der Waals surface area contributed by atoms with Crippen molar-refractivity contribution in [2.75, 3.05) is 25.4 Å². The fourth-order valence-electron chi connectivity index (χ4n) is 3.57. The molecule has 0 spiro atoms. The van der Waals surface area contributed by atoms with Crippen molar-refractivity contribution in [1.29, 1.82) is 0 Å². The number of halogens is 2. The number of thiophene rings is 1. The van der Waals surface area contributed by atoms with Crippen LogP contribution < -0.4 is 11.1 Å². The number of hydrogen-bond donors (Lipinski definition) is 2. The molecule has 0 saturated carbocycles. The summed E-state index contributed by atoms with van der Waals surface area (Å²) < 4.78 is 1.01. The Labute approximate surface area is 152 Å². The first-order valence-electron chi connectivity index (χ1n) is 7.52. The first kappa shape index (κ1) is 18.3. The van der Waals surface area contributed by atoms with Crippen LogP contribution in [0.3, 0.4) is 0 Å². The molecule has 3 fully saturated rings. The molecular weight excluding hydrogens is 353 g/mol. The van der Waals surface area contributed by atoms with Crippen LogP contribution in [0.25, 0.3) is 10.1 Å². The largest absolute Gasteiger partial charge is 0.398 e. The number of rotatable bonds is 2. The second kappa shape index (κ2) is 7.26. The van der Waals surface area contributed by atoms with Crippen molar-refractivity contribution in [3.05, 3.63) is 29.1 Å². The number of carbonyl (C=O) groups is 1. The van der Waals surface area contributed by atoms with Crippen LogP contribution in [0.15, 0.2) is 24.3 Å². The number of amides is 1. The zero-order valence-electron chi connectivity index (χ0n) is 12.7. The summed E-state index contributed by atoms with van der Waals surface area (Å²) in [7, 11) is 0. The molecule has 126 valence electrons. The SMILES string of the molecule is Cl.Cl.Nc1cccc2cc(C(=O)N[C@H]3CN4CCC3CC4)sc12. The van der Waals surface area contributed by atoms with Crippen LogP contribution in [0.4, 0.5) is 5.69 Å². The van der Waals surface area contributed by atoms with Crippen LogP contribution in [0.5, 0.6) is 0 Å². The highest BCUT2D eigenvalue weighted by molar-refractivity contribution is 7.21. The average molecular weight is 374 g/mol. The Morgan fingerprint density at radius 2 is 2.00 bits per heavy atom. The molecule has 2 aromatic rings. The van der Waals surface area contributed by atoms with E-state index in [2.05, 4.69) is 10.2 Å². The maximum Gasteiger partial charge on any atom is 0.261 e. The third kappa shape index (κ3) is 3.43. The minimum Gasteiger partial charge on any atom is -0.398 e. The van der Waals surface area contributed by atoms with E-state index in [9.17, 15) is 4.79 Å². The lowest BCUT2D eigenvalue weighted by atomic mass is 9.84. The van der Waals surface area contributed by atoms with E-state index < -0.39 is 0 Å². The molecule has 5 rings (SSSR count). The fraction of sp³-hybridized carbons (Fsp3) is 0.438. The molecule has 3 saturated heterocycles. The summed E-state index contributed by atoms with van der Waals surface area (Å²) >= 11 is 1.49. The number of nitrogens with zero attached hydrogens (tertiary/aromatic N) is 1. The first-order valence-corrected chi connectivity index (χ1v) is 8.33. The molecule has 1 amide bonds. The lowest BCUT2D eigenvalue weighted by Crippen LogP contribution is -2.57. The molecule has 4 nitrogen and oxygen atoms in total. The molecule has 3 aliphatic rings. The van der Waals surface area contributed by atoms with E-state index in [0.29, 0.717) is 12.0 Å². The van der Waals surface area contributed by atoms with E-state index in [0.717, 1.165) is 27.2 Å². The summed E-state index contributed by atoms with van der Waals surface area (Å²) in [5, 5.41) is 4.29. The average Bonchev–Trinajstić information content (AvgIpc) is 2.94. The molecule has 3 N–H and O–H groups in total. The second-order valence-corrected chi connectivity index (χ2v) is 7.15. The van der Waals surface area contributed by atoms with Crippen LogP contribution in [0.2, 0.25) is 0 Å². The predicted molar refractivity (Wildman–Crippen MR) is 101 cm³/mol. The van der Waals surface area contributed by atoms with Gasteiger partial charge in [0.2, 0.25) is 0 Å². The van der Waals surface area contributed by atoms with Gasteiger partial charge >= 0.3 is 0 Å². The van der Waals surface area contributed by atoms with Gasteiger partial charge < -0.3 is 16.0 Å². The van der Waals surface area contributed by atoms with Gasteiger partial charge in [0, 0.05) is 18.3 Å². The standard InChI is InChI=1S/C16H19N3OS.2ClH/c17-12-3-1-2-11-8-14(21-15(11)12)16(20)18-13-9-19-6-4-10(13)5-7-19;;/h1-3,8,10,13H,4-7,9,17H2,(H,18,20);2*1H/t13-;;/m0../s1. The van der Waals surface area contributed by atoms with Crippen molar-refractivity contribution in [2.24, 2.45) is 5.92 Å². The van der Waals surface area contributed by atoms with Crippen LogP contribution in [-0.4, -0.2) is 36.5 Å². The summed E-state index contributed by atoms with van der Waals surface area (Å²) in [5.41, 5.74) is 6.72. The summed E-state index contributed by atoms with van der Waals surface area (Å²) in [5.74, 6) is 0.702. The van der Waals surface area contributed by atoms with Gasteiger partial charge in [-0.15, -0.1) is 36.2 Å². The number of hydrogen-bond acceptors (Lipinski definition) is 4. The van der Waals surface area contributed by atoms with E-state index in [4.69, 9.17) is 5.73 Å². The third-order valence-electron chi connectivity index (χ3n) is 4.77. The zero-order chi connectivity index (χ0) is 14.4. The highest BCUT2D eigenvalue weighted by Crippen LogP contribution is 2.31. The van der Waals surface area contributed by atoms with Crippen molar-refractivity contribution in [2.45, 2.75) is 18.9 Å². The van der Waals surface area contributed by atoms with Crippen molar-refractivity contribution >= 4 is 57.8 Å². The summed E-state index contributed by atoms with van der Waals surface area (Å²) in [6.45, 7) is 3.39. The molecule has 0 aliphatic carbocycles. The van der Waals surface area contributed by atoms with Crippen molar-refractivity contribution in [3.8, 4) is 0 Å². The van der Waals surface area contributed by atoms with Gasteiger partial charge in [0.1, 0.15) is 0 Å². The fourth-order valence-corrected chi connectivity index (χ4v) is 4.55. The van der Waals surface area contributed by atoms with Gasteiger partial charge in [0.05, 0.1) is 9.58 Å². The van der Waals surface area contributed by atoms with Crippen LogP contribution >= 0.6 is 36.2 Å². The number of piperidine rings is 3. The smallest absolute Gasteiger partial charge is 0.261 e. The summed E-state index contributed by atoms with van der Waals surface area (Å²) in [6.07, 6.45) is 2.43. The Morgan fingerprint density at radius 3 is 2.61 bits per heavy atom. The predicted octanol–water partition coefficient (Wildman–Crippen LogP) is 3.15. The molecule has 0 unspecified atom stereocenters. The number of anilines is 1. The monoisotopic (exact) mass is 373 g/mol. The van der Waals surface area contributed by atoms with E-state index in [1.807, 2.05) is 24.3 Å². The Balaban J connectivity index is 0.000000960. The number of nitrogen functional groups attached to an aromatic ring is 1. The van der Waals surface area contributed by atoms with Gasteiger partial charge in [0.15, 0.2) is 0 Å². The first-order chi connectivity index (χ1) is 10.2. The van der Waals surface area contributed by atoms with Gasteiger partial charge in [-0.25, -0.2) is 0 Å². The lowest BCUT2D eigenvalue weighted by molar-refractivity contribution is 0.0622. The molecule has 0 radical (unpaired) electrons. The number of nitrogens with two attached hydrogens (primary N) is 1. The Hall–Kier alpha value is -1.01. The Kier molecular flexibility index (Phi) is 5.79. The normalized spacial score (nSPS) is 25.5. The molecule has 2 bridgehead atoms. The highest BCUT2D eigenvalue weighted by atomic mass is 35.5. The minimum atomic E-state index is 0. The van der Waals surface area contributed by atoms with Crippen LogP contribution in [0, 0.1) is 5.92 Å². The van der Waals surface area contributed by atoms with E-state index in [1.165, 1.54) is 37.3 Å². The van der Waals surface area contributed by atoms with Gasteiger partial charge in [0.25, 0.3) is 5.91 Å². The summed E-state index contributed by atoms with van der Waals surface area (Å²) in [4.78, 5) is 15.7. The van der Waals surface area contributed by atoms with Gasteiger partial charge in [-0.2, -0.15) is 0 Å². The molecule has 7 heteroatoms. The molecule has 1 aromatic carbocycles. The number of fused-ring (bicyclic) bond motifs is 4. The molecule has 4 heterocycles. The lowest BCUT2D eigenvalue weighted by Gasteiger charge is -2.44. The maximum atomic E-state index is 12.5. The Bertz CT molecular complexity index is 698. The van der Waals surface area contributed by atoms with Crippen LogP contribution in [0.1, 0.15) is 22.5 Å². The molecule has 23 heavy (non-hydrogen) atoms. The molecule has 1 aromatic heterocycles. The van der Waals surface area contributed by atoms with E-state index >= 15 is 0 Å². The quantitative estimate of drug-likeness (QED) is 0.794. The summed E-state index contributed by atoms with van der Waals surface area (Å²) in [6, 6.07) is 8.08. The number of benzene rings is 1. The topological polar surface area (TPSA) is 58.4 Å². The third-order valence-corrected chi connectivity index (χ3v) is 5.97. The highest BCUT2D eigenvalue weighted by Gasteiger charge is 2.35. The van der Waals surface area contributed by atoms with Crippen molar-refractivity contribution < 1.29 is 4.79 Å². The minimum absolute atomic E-state index is 0. The Morgan fingerprint density at radius 1 is 1.26 bits per heavy atom. The van der Waals surface area contributed by atoms with Gasteiger partial charge in [-0.1, -0.05) is 12.1 Å². The van der Waals surface area contributed by atoms with E-state index in [-0.39, 0.29) is 30.7 Å². The second-order valence-electron chi connectivity index (χ2n) is 6.09. The van der Waals surface area contributed by atoms with E-state index in [1.54, 1.807) is 0 Å². The van der Waals surface area contributed by atoms with Crippen LogP contribution in [-0.2, 0) is 0 Å². The van der Waals surface area contributed by atoms with Crippen molar-refractivity contribution in [1.82, 2.24) is 10.2 Å². The number of carbonyl (C=O) groups excluding carboxylic acids is 1.